The first-order chi connectivity index (χ1) is 12.0. The van der Waals surface area contributed by atoms with Crippen LogP contribution in [0.4, 0.5) is 20.2 Å². The highest BCUT2D eigenvalue weighted by Crippen LogP contribution is 2.16. The molecular weight excluding hydrogens is 366 g/mol. The lowest BCUT2D eigenvalue weighted by Crippen LogP contribution is -2.19. The summed E-state index contributed by atoms with van der Waals surface area (Å²) >= 11 is 11.0. The molecule has 2 N–H and O–H groups in total. The lowest BCUT2D eigenvalue weighted by atomic mass is 10.2. The van der Waals surface area contributed by atoms with Crippen LogP contribution in [-0.4, -0.2) is 14.9 Å². The number of anilines is 2. The zero-order chi connectivity index (χ0) is 17.8. The maximum atomic E-state index is 13.6. The van der Waals surface area contributed by atoms with Gasteiger partial charge in [-0.1, -0.05) is 23.7 Å². The molecule has 0 saturated heterocycles. The molecule has 0 amide bonds. The zero-order valence-corrected chi connectivity index (χ0v) is 14.4. The Hall–Kier alpha value is -2.51. The average Bonchev–Trinajstić information content (AvgIpc) is 3.00. The minimum Gasteiger partial charge on any atom is -0.330 e. The number of halogens is 3. The second-order valence-electron chi connectivity index (χ2n) is 5.26. The molecule has 3 aromatic rings. The molecule has 0 unspecified atom stereocenters. The van der Waals surface area contributed by atoms with E-state index in [9.17, 15) is 8.78 Å². The van der Waals surface area contributed by atoms with Crippen LogP contribution in [0.25, 0.3) is 0 Å². The summed E-state index contributed by atoms with van der Waals surface area (Å²) in [5.41, 5.74) is 1.64. The third-order valence-corrected chi connectivity index (χ3v) is 3.78. The fourth-order valence-corrected chi connectivity index (χ4v) is 2.52. The van der Waals surface area contributed by atoms with Crippen LogP contribution in [0.15, 0.2) is 54.9 Å². The molecule has 0 aliphatic heterocycles. The lowest BCUT2D eigenvalue weighted by molar-refractivity contribution is 0.604. The second-order valence-corrected chi connectivity index (χ2v) is 6.10. The van der Waals surface area contributed by atoms with Crippen LogP contribution in [0.2, 0.25) is 5.02 Å². The molecule has 0 bridgehead atoms. The monoisotopic (exact) mass is 378 g/mol. The van der Waals surface area contributed by atoms with Crippen molar-refractivity contribution in [3.8, 4) is 0 Å². The number of rotatable bonds is 4. The number of hydrogen-bond acceptors (Lipinski definition) is 2. The summed E-state index contributed by atoms with van der Waals surface area (Å²) in [6.07, 6.45) is 3.34. The smallest absolute Gasteiger partial charge is 0.175 e. The van der Waals surface area contributed by atoms with Crippen LogP contribution in [0, 0.1) is 11.6 Å². The quantitative estimate of drug-likeness (QED) is 0.647. The number of nitrogens with zero attached hydrogens (tertiary/aromatic N) is 2. The Labute approximate surface area is 153 Å². The average molecular weight is 379 g/mol. The Bertz CT molecular complexity index is 896. The van der Waals surface area contributed by atoms with E-state index < -0.39 is 11.6 Å². The highest BCUT2D eigenvalue weighted by molar-refractivity contribution is 7.80. The van der Waals surface area contributed by atoms with Crippen molar-refractivity contribution in [2.24, 2.45) is 0 Å². The van der Waals surface area contributed by atoms with E-state index in [1.807, 2.05) is 24.3 Å². The van der Waals surface area contributed by atoms with E-state index in [1.165, 1.54) is 0 Å². The second kappa shape index (κ2) is 7.58. The van der Waals surface area contributed by atoms with Crippen LogP contribution in [0.5, 0.6) is 0 Å². The predicted molar refractivity (Wildman–Crippen MR) is 99.0 cm³/mol. The van der Waals surface area contributed by atoms with Crippen molar-refractivity contribution in [1.29, 1.82) is 0 Å². The van der Waals surface area contributed by atoms with Gasteiger partial charge in [0.05, 0.1) is 24.1 Å². The van der Waals surface area contributed by atoms with E-state index in [-0.39, 0.29) is 10.8 Å². The molecule has 8 heteroatoms. The Balaban J connectivity index is 1.61. The van der Waals surface area contributed by atoms with Crippen molar-refractivity contribution >= 4 is 40.3 Å². The molecule has 0 saturated carbocycles. The van der Waals surface area contributed by atoms with Gasteiger partial charge in [-0.25, -0.2) is 8.78 Å². The maximum absolute atomic E-state index is 13.6. The first kappa shape index (κ1) is 17.3. The molecule has 128 valence electrons. The summed E-state index contributed by atoms with van der Waals surface area (Å²) < 4.78 is 28.5. The molecule has 2 aromatic carbocycles. The Morgan fingerprint density at radius 1 is 1.12 bits per heavy atom. The van der Waals surface area contributed by atoms with Crippen molar-refractivity contribution in [2.75, 3.05) is 10.6 Å². The van der Waals surface area contributed by atoms with Gasteiger partial charge in [0.25, 0.3) is 0 Å². The van der Waals surface area contributed by atoms with Crippen molar-refractivity contribution in [2.45, 2.75) is 6.54 Å². The molecule has 0 fully saturated rings. The van der Waals surface area contributed by atoms with Crippen molar-refractivity contribution in [1.82, 2.24) is 9.78 Å². The van der Waals surface area contributed by atoms with Crippen LogP contribution >= 0.6 is 23.8 Å². The molecule has 0 aliphatic rings. The van der Waals surface area contributed by atoms with Crippen LogP contribution in [-0.2, 0) is 6.54 Å². The van der Waals surface area contributed by atoms with Crippen molar-refractivity contribution in [3.63, 3.8) is 0 Å². The summed E-state index contributed by atoms with van der Waals surface area (Å²) in [5.74, 6) is -1.15. The van der Waals surface area contributed by atoms with Gasteiger partial charge in [-0.3, -0.25) is 4.68 Å². The zero-order valence-electron chi connectivity index (χ0n) is 12.8. The Morgan fingerprint density at radius 2 is 1.88 bits per heavy atom. The van der Waals surface area contributed by atoms with Gasteiger partial charge >= 0.3 is 0 Å². The van der Waals surface area contributed by atoms with E-state index in [2.05, 4.69) is 15.7 Å². The molecule has 0 atom stereocenters. The lowest BCUT2D eigenvalue weighted by Gasteiger charge is -2.09. The molecule has 1 heterocycles. The fraction of sp³-hybridized carbons (Fsp3) is 0.0588. The van der Waals surface area contributed by atoms with Crippen molar-refractivity contribution < 1.29 is 8.78 Å². The molecule has 0 spiro atoms. The first-order valence-corrected chi connectivity index (χ1v) is 8.08. The van der Waals surface area contributed by atoms with E-state index in [0.717, 1.165) is 23.8 Å². The van der Waals surface area contributed by atoms with Gasteiger partial charge in [-0.2, -0.15) is 5.10 Å². The summed E-state index contributed by atoms with van der Waals surface area (Å²) in [7, 11) is 0. The summed E-state index contributed by atoms with van der Waals surface area (Å²) in [5, 5.41) is 10.5. The maximum Gasteiger partial charge on any atom is 0.175 e. The van der Waals surface area contributed by atoms with Gasteiger partial charge in [0.15, 0.2) is 5.11 Å². The number of thiocarbonyl (C=S) groups is 1. The van der Waals surface area contributed by atoms with E-state index in [4.69, 9.17) is 23.8 Å². The highest BCUT2D eigenvalue weighted by atomic mass is 35.5. The standard InChI is InChI=1S/C17H13ClF2N4S/c18-12-3-1-11(2-4-12)9-24-10-14(8-21-24)22-17(25)23-16-7-13(19)5-6-15(16)20/h1-8,10H,9H2,(H2,22,23,25). The van der Waals surface area contributed by atoms with Gasteiger partial charge < -0.3 is 10.6 Å². The normalized spacial score (nSPS) is 10.5. The van der Waals surface area contributed by atoms with Crippen LogP contribution in [0.1, 0.15) is 5.56 Å². The molecular formula is C17H13ClF2N4S. The SMILES string of the molecule is Fc1ccc(F)c(NC(=S)Nc2cnn(Cc3ccc(Cl)cc3)c2)c1. The van der Waals surface area contributed by atoms with Crippen LogP contribution in [0.3, 0.4) is 0 Å². The minimum absolute atomic E-state index is 0.0361. The first-order valence-electron chi connectivity index (χ1n) is 7.29. The minimum atomic E-state index is -0.594. The van der Waals surface area contributed by atoms with Gasteiger partial charge in [0.2, 0.25) is 0 Å². The van der Waals surface area contributed by atoms with Gasteiger partial charge in [-0.15, -0.1) is 0 Å². The fourth-order valence-electron chi connectivity index (χ4n) is 2.17. The molecule has 0 aliphatic carbocycles. The Morgan fingerprint density at radius 3 is 2.64 bits per heavy atom. The summed E-state index contributed by atoms with van der Waals surface area (Å²) in [4.78, 5) is 0. The largest absolute Gasteiger partial charge is 0.330 e. The molecule has 0 radical (unpaired) electrons. The number of aromatic nitrogens is 2. The topological polar surface area (TPSA) is 41.9 Å². The molecule has 25 heavy (non-hydrogen) atoms. The summed E-state index contributed by atoms with van der Waals surface area (Å²) in [6.45, 7) is 0.567. The third kappa shape index (κ3) is 4.74. The van der Waals surface area contributed by atoms with E-state index >= 15 is 0 Å². The van der Waals surface area contributed by atoms with Gasteiger partial charge in [0, 0.05) is 17.3 Å². The number of benzene rings is 2. The predicted octanol–water partition coefficient (Wildman–Crippen LogP) is 4.67. The molecule has 4 nitrogen and oxygen atoms in total. The summed E-state index contributed by atoms with van der Waals surface area (Å²) in [6, 6.07) is 10.6. The molecule has 1 aromatic heterocycles. The van der Waals surface area contributed by atoms with E-state index in [1.54, 1.807) is 17.1 Å². The number of hydrogen-bond donors (Lipinski definition) is 2. The van der Waals surface area contributed by atoms with Gasteiger partial charge in [-0.05, 0) is 42.0 Å². The van der Waals surface area contributed by atoms with E-state index in [0.29, 0.717) is 17.3 Å². The van der Waals surface area contributed by atoms with Crippen molar-refractivity contribution in [3.05, 3.63) is 77.1 Å². The van der Waals surface area contributed by atoms with Crippen LogP contribution < -0.4 is 10.6 Å². The third-order valence-electron chi connectivity index (χ3n) is 3.33. The van der Waals surface area contributed by atoms with Gasteiger partial charge in [0.1, 0.15) is 11.6 Å². The molecule has 3 rings (SSSR count). The number of nitrogens with one attached hydrogen (secondary N) is 2. The highest BCUT2D eigenvalue weighted by Gasteiger charge is 2.07. The Kier molecular flexibility index (Phi) is 5.25.